The van der Waals surface area contributed by atoms with E-state index in [-0.39, 0.29) is 12.8 Å². The Bertz CT molecular complexity index is 172. The van der Waals surface area contributed by atoms with Crippen LogP contribution in [0.5, 0.6) is 0 Å². The summed E-state index contributed by atoms with van der Waals surface area (Å²) in [6.07, 6.45) is -0.628. The first kappa shape index (κ1) is 9.90. The van der Waals surface area contributed by atoms with Crippen molar-refractivity contribution in [1.82, 2.24) is 0 Å². The van der Waals surface area contributed by atoms with Gasteiger partial charge in [-0.3, -0.25) is 4.79 Å². The van der Waals surface area contributed by atoms with Crippen LogP contribution in [-0.4, -0.2) is 32.9 Å². The summed E-state index contributed by atoms with van der Waals surface area (Å²) >= 11 is 0. The van der Waals surface area contributed by atoms with Crippen LogP contribution in [0.4, 0.5) is 0 Å². The Labute approximate surface area is 63.3 Å². The van der Waals surface area contributed by atoms with E-state index < -0.39 is 17.5 Å². The summed E-state index contributed by atoms with van der Waals surface area (Å²) in [5, 5.41) is 25.4. The largest absolute Gasteiger partial charge is 0.481 e. The number of carboxylic acids is 2. The molecule has 0 fully saturated rings. The molecule has 5 heteroatoms. The van der Waals surface area contributed by atoms with Crippen LogP contribution < -0.4 is 0 Å². The zero-order valence-corrected chi connectivity index (χ0v) is 6.07. The summed E-state index contributed by atoms with van der Waals surface area (Å²) in [6.45, 7) is 1.07. The number of hydrogen-bond acceptors (Lipinski definition) is 3. The molecule has 0 saturated heterocycles. The molecule has 0 heterocycles. The van der Waals surface area contributed by atoms with Gasteiger partial charge in [0, 0.05) is 6.42 Å². The second-order valence-corrected chi connectivity index (χ2v) is 2.47. The quantitative estimate of drug-likeness (QED) is 0.527. The van der Waals surface area contributed by atoms with Gasteiger partial charge in [0.25, 0.3) is 0 Å². The summed E-state index contributed by atoms with van der Waals surface area (Å²) in [7, 11) is 0. The molecule has 0 amide bonds. The molecule has 0 saturated carbocycles. The lowest BCUT2D eigenvalue weighted by Crippen LogP contribution is -2.35. The number of carboxylic acid groups (broad SMARTS) is 2. The van der Waals surface area contributed by atoms with E-state index in [1.807, 2.05) is 0 Å². The SMILES string of the molecule is C[C@@](O)(CCC(=O)O)C(=O)O. The molecule has 1 atom stereocenters. The average Bonchev–Trinajstić information content (AvgIpc) is 1.84. The van der Waals surface area contributed by atoms with Crippen LogP contribution >= 0.6 is 0 Å². The van der Waals surface area contributed by atoms with Gasteiger partial charge in [0.1, 0.15) is 0 Å². The number of carbonyl (C=O) groups is 2. The Morgan fingerprint density at radius 1 is 1.36 bits per heavy atom. The minimum atomic E-state index is -1.93. The van der Waals surface area contributed by atoms with Crippen molar-refractivity contribution in [2.24, 2.45) is 0 Å². The van der Waals surface area contributed by atoms with E-state index in [4.69, 9.17) is 15.3 Å². The number of aliphatic carboxylic acids is 2. The minimum absolute atomic E-state index is 0.280. The molecule has 0 aliphatic heterocycles. The van der Waals surface area contributed by atoms with Crippen molar-refractivity contribution in [1.29, 1.82) is 0 Å². The molecule has 0 unspecified atom stereocenters. The molecule has 11 heavy (non-hydrogen) atoms. The predicted octanol–water partition coefficient (Wildman–Crippen LogP) is -0.313. The molecule has 64 valence electrons. The van der Waals surface area contributed by atoms with E-state index >= 15 is 0 Å². The van der Waals surface area contributed by atoms with Crippen LogP contribution in [0.25, 0.3) is 0 Å². The lowest BCUT2D eigenvalue weighted by Gasteiger charge is -2.15. The fourth-order valence-corrected chi connectivity index (χ4v) is 0.457. The van der Waals surface area contributed by atoms with Gasteiger partial charge < -0.3 is 15.3 Å². The lowest BCUT2D eigenvalue weighted by atomic mass is 10.0. The van der Waals surface area contributed by atoms with Crippen LogP contribution in [0.3, 0.4) is 0 Å². The highest BCUT2D eigenvalue weighted by atomic mass is 16.4. The Balaban J connectivity index is 3.92. The van der Waals surface area contributed by atoms with Crippen LogP contribution in [-0.2, 0) is 9.59 Å². The molecule has 0 spiro atoms. The first-order valence-electron chi connectivity index (χ1n) is 3.04. The Morgan fingerprint density at radius 2 is 1.82 bits per heavy atom. The zero-order valence-electron chi connectivity index (χ0n) is 6.07. The second kappa shape index (κ2) is 3.34. The Hall–Kier alpha value is -1.10. The molecular weight excluding hydrogens is 152 g/mol. The third-order valence-electron chi connectivity index (χ3n) is 1.29. The van der Waals surface area contributed by atoms with E-state index in [1.54, 1.807) is 0 Å². The molecule has 0 aromatic rings. The second-order valence-electron chi connectivity index (χ2n) is 2.47. The van der Waals surface area contributed by atoms with Crippen LogP contribution in [0.1, 0.15) is 19.8 Å². The molecule has 0 aliphatic carbocycles. The average molecular weight is 162 g/mol. The van der Waals surface area contributed by atoms with Crippen LogP contribution in [0, 0.1) is 0 Å². The van der Waals surface area contributed by atoms with Gasteiger partial charge in [-0.25, -0.2) is 4.79 Å². The molecule has 5 nitrogen and oxygen atoms in total. The highest BCUT2D eigenvalue weighted by molar-refractivity contribution is 5.77. The normalized spacial score (nSPS) is 15.5. The van der Waals surface area contributed by atoms with Gasteiger partial charge in [0.05, 0.1) is 0 Å². The van der Waals surface area contributed by atoms with Crippen molar-refractivity contribution in [2.45, 2.75) is 25.4 Å². The summed E-state index contributed by atoms with van der Waals surface area (Å²) in [5.41, 5.74) is -1.93. The maximum Gasteiger partial charge on any atom is 0.335 e. The summed E-state index contributed by atoms with van der Waals surface area (Å²) in [5.74, 6) is -2.52. The lowest BCUT2D eigenvalue weighted by molar-refractivity contribution is -0.158. The Kier molecular flexibility index (Phi) is 3.00. The van der Waals surface area contributed by atoms with Crippen molar-refractivity contribution in [2.75, 3.05) is 0 Å². The maximum absolute atomic E-state index is 10.2. The zero-order chi connectivity index (χ0) is 9.07. The standard InChI is InChI=1S/C6H10O5/c1-6(11,5(9)10)3-2-4(7)8/h11H,2-3H2,1H3,(H,7,8)(H,9,10)/t6-/m1/s1. The number of rotatable bonds is 4. The first-order valence-corrected chi connectivity index (χ1v) is 3.04. The van der Waals surface area contributed by atoms with Gasteiger partial charge in [-0.2, -0.15) is 0 Å². The van der Waals surface area contributed by atoms with Gasteiger partial charge in [0.15, 0.2) is 5.60 Å². The molecule has 0 rings (SSSR count). The van der Waals surface area contributed by atoms with Gasteiger partial charge in [-0.1, -0.05) is 0 Å². The fourth-order valence-electron chi connectivity index (χ4n) is 0.457. The van der Waals surface area contributed by atoms with E-state index in [0.29, 0.717) is 0 Å². The molecule has 0 aromatic heterocycles. The fraction of sp³-hybridized carbons (Fsp3) is 0.667. The van der Waals surface area contributed by atoms with Crippen molar-refractivity contribution in [3.05, 3.63) is 0 Å². The molecule has 0 aliphatic rings. The maximum atomic E-state index is 10.2. The third kappa shape index (κ3) is 3.57. The monoisotopic (exact) mass is 162 g/mol. The molecule has 0 bridgehead atoms. The van der Waals surface area contributed by atoms with E-state index in [1.165, 1.54) is 0 Å². The van der Waals surface area contributed by atoms with E-state index in [2.05, 4.69) is 0 Å². The van der Waals surface area contributed by atoms with Gasteiger partial charge in [-0.15, -0.1) is 0 Å². The first-order chi connectivity index (χ1) is 4.86. The van der Waals surface area contributed by atoms with E-state index in [9.17, 15) is 9.59 Å². The van der Waals surface area contributed by atoms with Crippen LogP contribution in [0.2, 0.25) is 0 Å². The highest BCUT2D eigenvalue weighted by Gasteiger charge is 2.29. The summed E-state index contributed by atoms with van der Waals surface area (Å²) in [6, 6.07) is 0. The van der Waals surface area contributed by atoms with Crippen molar-refractivity contribution in [3.63, 3.8) is 0 Å². The van der Waals surface area contributed by atoms with E-state index in [0.717, 1.165) is 6.92 Å². The van der Waals surface area contributed by atoms with Gasteiger partial charge in [0.2, 0.25) is 0 Å². The summed E-state index contributed by atoms with van der Waals surface area (Å²) in [4.78, 5) is 20.2. The van der Waals surface area contributed by atoms with Crippen molar-refractivity contribution >= 4 is 11.9 Å². The summed E-state index contributed by atoms with van der Waals surface area (Å²) < 4.78 is 0. The number of hydrogen-bond donors (Lipinski definition) is 3. The third-order valence-corrected chi connectivity index (χ3v) is 1.29. The van der Waals surface area contributed by atoms with Crippen molar-refractivity contribution < 1.29 is 24.9 Å². The topological polar surface area (TPSA) is 94.8 Å². The predicted molar refractivity (Wildman–Crippen MR) is 35.1 cm³/mol. The van der Waals surface area contributed by atoms with Crippen LogP contribution in [0.15, 0.2) is 0 Å². The molecule has 0 radical (unpaired) electrons. The Morgan fingerprint density at radius 3 is 2.09 bits per heavy atom. The van der Waals surface area contributed by atoms with Gasteiger partial charge in [-0.05, 0) is 13.3 Å². The van der Waals surface area contributed by atoms with Crippen molar-refractivity contribution in [3.8, 4) is 0 Å². The van der Waals surface area contributed by atoms with Gasteiger partial charge >= 0.3 is 11.9 Å². The highest BCUT2D eigenvalue weighted by Crippen LogP contribution is 2.11. The smallest absolute Gasteiger partial charge is 0.335 e. The number of aliphatic hydroxyl groups is 1. The molecular formula is C6H10O5. The molecule has 3 N–H and O–H groups in total. The minimum Gasteiger partial charge on any atom is -0.481 e. The molecule has 0 aromatic carbocycles.